The van der Waals surface area contributed by atoms with E-state index in [1.807, 2.05) is 31.9 Å². The number of amides is 1. The summed E-state index contributed by atoms with van der Waals surface area (Å²) in [5.41, 5.74) is 8.86. The summed E-state index contributed by atoms with van der Waals surface area (Å²) in [4.78, 5) is 17.3. The first kappa shape index (κ1) is 27.9. The lowest BCUT2D eigenvalue weighted by molar-refractivity contribution is 0.0760. The molecular formula is C27H41N3O3. The molecule has 2 rings (SSSR count). The third-order valence-electron chi connectivity index (χ3n) is 5.39. The Morgan fingerprint density at radius 3 is 2.27 bits per heavy atom. The van der Waals surface area contributed by atoms with Crippen LogP contribution in [0.3, 0.4) is 0 Å². The van der Waals surface area contributed by atoms with Crippen molar-refractivity contribution < 1.29 is 15.0 Å². The zero-order chi connectivity index (χ0) is 25.0. The van der Waals surface area contributed by atoms with Gasteiger partial charge in [0.05, 0.1) is 0 Å². The molecule has 0 aromatic heterocycles. The predicted octanol–water partition coefficient (Wildman–Crippen LogP) is 5.55. The molecule has 0 aliphatic rings. The average molecular weight is 456 g/mol. The number of nitrogens with zero attached hydrogens (tertiary/aromatic N) is 2. The smallest absolute Gasteiger partial charge is 0.259 e. The number of nitrogen functional groups attached to an aromatic ring is 1. The topological polar surface area (TPSA) is 90.0 Å². The number of phenolic OH excluding ortho intramolecular Hbond substituents is 2. The van der Waals surface area contributed by atoms with Crippen LogP contribution in [0.1, 0.15) is 68.4 Å². The van der Waals surface area contributed by atoms with Crippen molar-refractivity contribution in [3.8, 4) is 11.5 Å². The fraction of sp³-hybridized carbons (Fsp3) is 0.444. The highest BCUT2D eigenvalue weighted by molar-refractivity contribution is 5.97. The van der Waals surface area contributed by atoms with Gasteiger partial charge < -0.3 is 20.8 Å². The number of hydrogen-bond donors (Lipinski definition) is 3. The first-order valence-electron chi connectivity index (χ1n) is 11.9. The summed E-state index contributed by atoms with van der Waals surface area (Å²) in [5, 5.41) is 19.7. The molecule has 0 aliphatic carbocycles. The standard InChI is InChI=1S/C25H35N3O3.C2H6/c1-5-7-8-20-16-21(26)10-12-23(20)25(31)28(18(3)27(4)14-6-2)15-13-19-9-11-22(29)17-24(19)30;1-2/h9-12,16-17,29-30H,3,5-8,13-15,26H2,1-2,4H3;1-2H3. The number of phenols is 2. The van der Waals surface area contributed by atoms with Gasteiger partial charge in [-0.05, 0) is 61.1 Å². The molecule has 0 bridgehead atoms. The number of aryl methyl sites for hydroxylation is 1. The molecule has 0 radical (unpaired) electrons. The Morgan fingerprint density at radius 2 is 1.67 bits per heavy atom. The van der Waals surface area contributed by atoms with Crippen molar-refractivity contribution in [3.05, 3.63) is 65.5 Å². The molecule has 4 N–H and O–H groups in total. The number of nitrogens with two attached hydrogens (primary N) is 1. The number of carbonyl (C=O) groups is 1. The van der Waals surface area contributed by atoms with Crippen molar-refractivity contribution in [1.29, 1.82) is 0 Å². The molecule has 0 heterocycles. The minimum Gasteiger partial charge on any atom is -0.508 e. The van der Waals surface area contributed by atoms with Gasteiger partial charge in [-0.15, -0.1) is 0 Å². The molecule has 0 saturated carbocycles. The molecule has 0 aliphatic heterocycles. The Bertz CT molecular complexity index is 911. The van der Waals surface area contributed by atoms with E-state index in [4.69, 9.17) is 5.73 Å². The molecule has 6 nitrogen and oxygen atoms in total. The minimum absolute atomic E-state index is 0.00344. The van der Waals surface area contributed by atoms with E-state index in [9.17, 15) is 15.0 Å². The molecular weight excluding hydrogens is 414 g/mol. The molecule has 2 aromatic rings. The molecule has 0 fully saturated rings. The van der Waals surface area contributed by atoms with E-state index in [1.54, 1.807) is 23.1 Å². The van der Waals surface area contributed by atoms with Crippen LogP contribution in [0, 0.1) is 0 Å². The summed E-state index contributed by atoms with van der Waals surface area (Å²) < 4.78 is 0. The van der Waals surface area contributed by atoms with E-state index >= 15 is 0 Å². The van der Waals surface area contributed by atoms with Gasteiger partial charge in [0.25, 0.3) is 5.91 Å². The molecule has 2 aromatic carbocycles. The normalized spacial score (nSPS) is 10.2. The van der Waals surface area contributed by atoms with E-state index in [-0.39, 0.29) is 17.4 Å². The Kier molecular flexibility index (Phi) is 11.9. The van der Waals surface area contributed by atoms with Crippen molar-refractivity contribution in [2.45, 2.75) is 59.8 Å². The van der Waals surface area contributed by atoms with E-state index in [0.717, 1.165) is 37.8 Å². The summed E-state index contributed by atoms with van der Waals surface area (Å²) in [6.07, 6.45) is 4.14. The quantitative estimate of drug-likeness (QED) is 0.387. The van der Waals surface area contributed by atoms with Crippen molar-refractivity contribution >= 4 is 11.6 Å². The maximum absolute atomic E-state index is 13.6. The number of carbonyl (C=O) groups excluding carboxylic acids is 1. The minimum atomic E-state index is -0.127. The number of aromatic hydroxyl groups is 2. The molecule has 182 valence electrons. The highest BCUT2D eigenvalue weighted by Crippen LogP contribution is 2.25. The van der Waals surface area contributed by atoms with Crippen LogP contribution in [0.5, 0.6) is 11.5 Å². The second-order valence-electron chi connectivity index (χ2n) is 7.88. The van der Waals surface area contributed by atoms with E-state index in [0.29, 0.717) is 35.6 Å². The molecule has 0 saturated heterocycles. The number of rotatable bonds is 11. The van der Waals surface area contributed by atoms with Crippen molar-refractivity contribution in [2.75, 3.05) is 25.9 Å². The number of hydrogen-bond acceptors (Lipinski definition) is 5. The Hall–Kier alpha value is -3.15. The Morgan fingerprint density at radius 1 is 0.970 bits per heavy atom. The summed E-state index contributed by atoms with van der Waals surface area (Å²) in [7, 11) is 1.92. The third kappa shape index (κ3) is 8.04. The summed E-state index contributed by atoms with van der Waals surface area (Å²) in [5.74, 6) is 0.500. The molecule has 0 atom stereocenters. The van der Waals surface area contributed by atoms with Crippen molar-refractivity contribution in [1.82, 2.24) is 9.80 Å². The number of unbranched alkanes of at least 4 members (excludes halogenated alkanes) is 1. The lowest BCUT2D eigenvalue weighted by Crippen LogP contribution is -2.39. The van der Waals surface area contributed by atoms with Gasteiger partial charge in [-0.25, -0.2) is 0 Å². The van der Waals surface area contributed by atoms with Crippen LogP contribution in [0.25, 0.3) is 0 Å². The number of anilines is 1. The summed E-state index contributed by atoms with van der Waals surface area (Å²) in [6.45, 7) is 13.5. The monoisotopic (exact) mass is 455 g/mol. The van der Waals surface area contributed by atoms with Crippen molar-refractivity contribution in [2.24, 2.45) is 0 Å². The fourth-order valence-electron chi connectivity index (χ4n) is 3.56. The summed E-state index contributed by atoms with van der Waals surface area (Å²) in [6, 6.07) is 9.93. The highest BCUT2D eigenvalue weighted by atomic mass is 16.3. The lowest BCUT2D eigenvalue weighted by atomic mass is 10.00. The van der Waals surface area contributed by atoms with Crippen LogP contribution in [0.15, 0.2) is 48.8 Å². The van der Waals surface area contributed by atoms with Crippen LogP contribution in [0.4, 0.5) is 5.69 Å². The first-order valence-corrected chi connectivity index (χ1v) is 11.9. The summed E-state index contributed by atoms with van der Waals surface area (Å²) >= 11 is 0. The van der Waals surface area contributed by atoms with Gasteiger partial charge in [0, 0.05) is 37.5 Å². The lowest BCUT2D eigenvalue weighted by Gasteiger charge is -2.32. The van der Waals surface area contributed by atoms with Crippen LogP contribution >= 0.6 is 0 Å². The van der Waals surface area contributed by atoms with Crippen molar-refractivity contribution in [3.63, 3.8) is 0 Å². The molecule has 1 amide bonds. The Balaban J connectivity index is 0.00000265. The predicted molar refractivity (Wildman–Crippen MR) is 137 cm³/mol. The maximum Gasteiger partial charge on any atom is 0.259 e. The van der Waals surface area contributed by atoms with E-state index < -0.39 is 0 Å². The highest BCUT2D eigenvalue weighted by Gasteiger charge is 2.23. The largest absolute Gasteiger partial charge is 0.508 e. The van der Waals surface area contributed by atoms with Crippen LogP contribution in [-0.4, -0.2) is 46.1 Å². The molecule has 0 unspecified atom stereocenters. The van der Waals surface area contributed by atoms with Crippen LogP contribution < -0.4 is 5.73 Å². The van der Waals surface area contributed by atoms with Gasteiger partial charge in [0.2, 0.25) is 0 Å². The Labute approximate surface area is 199 Å². The zero-order valence-corrected chi connectivity index (χ0v) is 20.9. The van der Waals surface area contributed by atoms with Gasteiger partial charge in [0.15, 0.2) is 0 Å². The second kappa shape index (κ2) is 14.1. The van der Waals surface area contributed by atoms with E-state index in [2.05, 4.69) is 20.4 Å². The van der Waals surface area contributed by atoms with Crippen LogP contribution in [0.2, 0.25) is 0 Å². The van der Waals surface area contributed by atoms with Crippen LogP contribution in [-0.2, 0) is 12.8 Å². The SMILES string of the molecule is C=C(N(C)CCC)N(CCc1ccc(O)cc1O)C(=O)c1ccc(N)cc1CCCC.CC. The van der Waals surface area contributed by atoms with Gasteiger partial charge >= 0.3 is 0 Å². The molecule has 6 heteroatoms. The second-order valence-corrected chi connectivity index (χ2v) is 7.88. The van der Waals surface area contributed by atoms with Gasteiger partial charge in [-0.2, -0.15) is 0 Å². The average Bonchev–Trinajstić information content (AvgIpc) is 2.80. The zero-order valence-electron chi connectivity index (χ0n) is 20.9. The van der Waals surface area contributed by atoms with E-state index in [1.165, 1.54) is 12.1 Å². The first-order chi connectivity index (χ1) is 15.8. The molecule has 0 spiro atoms. The molecule has 33 heavy (non-hydrogen) atoms. The fourth-order valence-corrected chi connectivity index (χ4v) is 3.56. The number of benzene rings is 2. The van der Waals surface area contributed by atoms with Gasteiger partial charge in [0.1, 0.15) is 17.3 Å². The van der Waals surface area contributed by atoms with Gasteiger partial charge in [-0.1, -0.05) is 46.8 Å². The van der Waals surface area contributed by atoms with Gasteiger partial charge in [-0.3, -0.25) is 9.69 Å². The third-order valence-corrected chi connectivity index (χ3v) is 5.39. The maximum atomic E-state index is 13.6.